The van der Waals surface area contributed by atoms with Gasteiger partial charge in [0.1, 0.15) is 6.10 Å². The Morgan fingerprint density at radius 3 is 3.07 bits per heavy atom. The van der Waals surface area contributed by atoms with E-state index < -0.39 is 17.9 Å². The highest BCUT2D eigenvalue weighted by molar-refractivity contribution is 5.67. The minimum absolute atomic E-state index is 0.0892. The van der Waals surface area contributed by atoms with Gasteiger partial charge in [0.15, 0.2) is 11.6 Å². The Hall–Kier alpha value is -1.58. The van der Waals surface area contributed by atoms with Crippen molar-refractivity contribution in [3.63, 3.8) is 0 Å². The van der Waals surface area contributed by atoms with Crippen LogP contribution in [0.5, 0.6) is 5.75 Å². The molecule has 1 aliphatic heterocycles. The van der Waals surface area contributed by atoms with E-state index in [0.29, 0.717) is 6.42 Å². The second-order valence-electron chi connectivity index (χ2n) is 3.27. The van der Waals surface area contributed by atoms with Gasteiger partial charge in [-0.1, -0.05) is 12.1 Å². The van der Waals surface area contributed by atoms with Crippen LogP contribution < -0.4 is 4.74 Å². The van der Waals surface area contributed by atoms with Crippen LogP contribution in [0.2, 0.25) is 0 Å². The molecule has 1 aromatic rings. The van der Waals surface area contributed by atoms with Crippen LogP contribution in [0, 0.1) is 5.82 Å². The zero-order valence-corrected chi connectivity index (χ0v) is 7.37. The highest BCUT2D eigenvalue weighted by Crippen LogP contribution is 2.32. The van der Waals surface area contributed by atoms with Crippen LogP contribution >= 0.6 is 0 Å². The largest absolute Gasteiger partial charge is 0.486 e. The van der Waals surface area contributed by atoms with E-state index in [-0.39, 0.29) is 12.2 Å². The maximum atomic E-state index is 13.1. The van der Waals surface area contributed by atoms with E-state index in [2.05, 4.69) is 0 Å². The van der Waals surface area contributed by atoms with E-state index >= 15 is 0 Å². The van der Waals surface area contributed by atoms with Crippen molar-refractivity contribution in [3.05, 3.63) is 29.6 Å². The van der Waals surface area contributed by atoms with Crippen molar-refractivity contribution in [1.82, 2.24) is 0 Å². The quantitative estimate of drug-likeness (QED) is 0.781. The Morgan fingerprint density at radius 1 is 1.64 bits per heavy atom. The van der Waals surface area contributed by atoms with Crippen LogP contribution in [0.4, 0.5) is 4.39 Å². The molecular weight excluding hydrogens is 187 g/mol. The molecule has 74 valence electrons. The van der Waals surface area contributed by atoms with Gasteiger partial charge in [0.2, 0.25) is 0 Å². The van der Waals surface area contributed by atoms with Gasteiger partial charge in [0, 0.05) is 12.0 Å². The monoisotopic (exact) mass is 196 g/mol. The molecule has 1 aromatic carbocycles. The predicted molar refractivity (Wildman–Crippen MR) is 46.8 cm³/mol. The Bertz CT molecular complexity index is 376. The lowest BCUT2D eigenvalue weighted by Crippen LogP contribution is -2.17. The third-order valence-electron chi connectivity index (χ3n) is 2.18. The van der Waals surface area contributed by atoms with Gasteiger partial charge in [-0.3, -0.25) is 4.79 Å². The van der Waals surface area contributed by atoms with E-state index in [0.717, 1.165) is 5.56 Å². The smallest absolute Gasteiger partial charge is 0.307 e. The highest BCUT2D eigenvalue weighted by atomic mass is 19.1. The molecule has 1 unspecified atom stereocenters. The molecule has 1 N–H and O–H groups in total. The topological polar surface area (TPSA) is 46.5 Å². The van der Waals surface area contributed by atoms with E-state index in [1.54, 1.807) is 12.1 Å². The Balaban J connectivity index is 2.18. The summed E-state index contributed by atoms with van der Waals surface area (Å²) >= 11 is 0. The van der Waals surface area contributed by atoms with Crippen molar-refractivity contribution < 1.29 is 19.0 Å². The summed E-state index contributed by atoms with van der Waals surface area (Å²) in [5.41, 5.74) is 0.747. The summed E-state index contributed by atoms with van der Waals surface area (Å²) in [6, 6.07) is 4.66. The van der Waals surface area contributed by atoms with Crippen LogP contribution in [0.3, 0.4) is 0 Å². The minimum Gasteiger partial charge on any atom is -0.486 e. The third-order valence-corrected chi connectivity index (χ3v) is 2.18. The second kappa shape index (κ2) is 3.29. The molecule has 1 heterocycles. The van der Waals surface area contributed by atoms with E-state index in [1.807, 2.05) is 0 Å². The highest BCUT2D eigenvalue weighted by Gasteiger charge is 2.27. The third kappa shape index (κ3) is 1.55. The van der Waals surface area contributed by atoms with Crippen molar-refractivity contribution in [2.45, 2.75) is 18.9 Å². The first-order chi connectivity index (χ1) is 6.66. The molecule has 1 aliphatic rings. The maximum absolute atomic E-state index is 13.1. The molecule has 0 fully saturated rings. The van der Waals surface area contributed by atoms with E-state index in [1.165, 1.54) is 6.07 Å². The van der Waals surface area contributed by atoms with E-state index in [9.17, 15) is 9.18 Å². The summed E-state index contributed by atoms with van der Waals surface area (Å²) in [7, 11) is 0. The molecule has 14 heavy (non-hydrogen) atoms. The van der Waals surface area contributed by atoms with Crippen LogP contribution in [0.15, 0.2) is 18.2 Å². The molecule has 0 radical (unpaired) electrons. The molecule has 0 aromatic heterocycles. The Labute approximate surface area is 80.1 Å². The lowest BCUT2D eigenvalue weighted by molar-refractivity contribution is -0.138. The van der Waals surface area contributed by atoms with Crippen molar-refractivity contribution in [3.8, 4) is 5.75 Å². The summed E-state index contributed by atoms with van der Waals surface area (Å²) in [4.78, 5) is 10.4. The van der Waals surface area contributed by atoms with Gasteiger partial charge in [-0.15, -0.1) is 0 Å². The summed E-state index contributed by atoms with van der Waals surface area (Å²) in [5, 5.41) is 8.55. The average molecular weight is 196 g/mol. The molecule has 4 heteroatoms. The van der Waals surface area contributed by atoms with Gasteiger partial charge in [-0.2, -0.15) is 0 Å². The molecule has 3 nitrogen and oxygen atoms in total. The number of hydrogen-bond acceptors (Lipinski definition) is 2. The first kappa shape index (κ1) is 8.99. The zero-order valence-electron chi connectivity index (χ0n) is 7.37. The van der Waals surface area contributed by atoms with Gasteiger partial charge in [-0.25, -0.2) is 4.39 Å². The molecule has 0 saturated heterocycles. The number of hydrogen-bond donors (Lipinski definition) is 1. The lowest BCUT2D eigenvalue weighted by atomic mass is 10.1. The van der Waals surface area contributed by atoms with Crippen LogP contribution in [0.25, 0.3) is 0 Å². The van der Waals surface area contributed by atoms with E-state index in [4.69, 9.17) is 9.84 Å². The fourth-order valence-corrected chi connectivity index (χ4v) is 1.61. The average Bonchev–Trinajstić information content (AvgIpc) is 2.47. The fourth-order valence-electron chi connectivity index (χ4n) is 1.61. The first-order valence-corrected chi connectivity index (χ1v) is 4.32. The number of carboxylic acids is 1. The van der Waals surface area contributed by atoms with Gasteiger partial charge >= 0.3 is 5.97 Å². The zero-order chi connectivity index (χ0) is 10.1. The van der Waals surface area contributed by atoms with Gasteiger partial charge in [0.05, 0.1) is 6.42 Å². The van der Waals surface area contributed by atoms with Crippen molar-refractivity contribution in [2.75, 3.05) is 0 Å². The predicted octanol–water partition coefficient (Wildman–Crippen LogP) is 1.60. The van der Waals surface area contributed by atoms with Crippen molar-refractivity contribution >= 4 is 5.97 Å². The van der Waals surface area contributed by atoms with Gasteiger partial charge < -0.3 is 9.84 Å². The van der Waals surface area contributed by atoms with Gasteiger partial charge in [0.25, 0.3) is 0 Å². The summed E-state index contributed by atoms with van der Waals surface area (Å²) < 4.78 is 18.3. The molecule has 0 amide bonds. The Kier molecular flexibility index (Phi) is 2.11. The van der Waals surface area contributed by atoms with Gasteiger partial charge in [-0.05, 0) is 6.07 Å². The molecule has 0 spiro atoms. The number of carbonyl (C=O) groups is 1. The molecule has 2 rings (SSSR count). The van der Waals surface area contributed by atoms with Crippen molar-refractivity contribution in [1.29, 1.82) is 0 Å². The van der Waals surface area contributed by atoms with Crippen LogP contribution in [-0.2, 0) is 11.2 Å². The number of para-hydroxylation sites is 1. The number of aliphatic carboxylic acids is 1. The van der Waals surface area contributed by atoms with Crippen molar-refractivity contribution in [2.24, 2.45) is 0 Å². The number of fused-ring (bicyclic) bond motifs is 1. The number of carboxylic acid groups (broad SMARTS) is 1. The van der Waals surface area contributed by atoms with Crippen LogP contribution in [0.1, 0.15) is 12.0 Å². The molecule has 0 aliphatic carbocycles. The standard InChI is InChI=1S/C10H9FO3/c11-8-3-1-2-6-4-7(5-9(12)13)14-10(6)8/h1-3,7H,4-5H2,(H,12,13). The SMILES string of the molecule is O=C(O)CC1Cc2cccc(F)c2O1. The molecular formula is C10H9FO3. The minimum atomic E-state index is -0.928. The fraction of sp³-hybridized carbons (Fsp3) is 0.300. The number of ether oxygens (including phenoxy) is 1. The summed E-state index contributed by atoms with van der Waals surface area (Å²) in [5.74, 6) is -1.14. The number of halogens is 1. The number of benzene rings is 1. The first-order valence-electron chi connectivity index (χ1n) is 4.32. The number of rotatable bonds is 2. The molecule has 0 bridgehead atoms. The normalized spacial score (nSPS) is 18.8. The molecule has 1 atom stereocenters. The molecule has 0 saturated carbocycles. The summed E-state index contributed by atoms with van der Waals surface area (Å²) in [6.45, 7) is 0. The van der Waals surface area contributed by atoms with Crippen LogP contribution in [-0.4, -0.2) is 17.2 Å². The maximum Gasteiger partial charge on any atom is 0.307 e. The summed E-state index contributed by atoms with van der Waals surface area (Å²) in [6.07, 6.45) is -0.0487. The lowest BCUT2D eigenvalue weighted by Gasteiger charge is -2.06. The second-order valence-corrected chi connectivity index (χ2v) is 3.27. The Morgan fingerprint density at radius 2 is 2.43 bits per heavy atom.